The fourth-order valence-corrected chi connectivity index (χ4v) is 2.22. The second kappa shape index (κ2) is 6.81. The van der Waals surface area contributed by atoms with Gasteiger partial charge in [-0.3, -0.25) is 4.90 Å². The maximum atomic E-state index is 5.77. The summed E-state index contributed by atoms with van der Waals surface area (Å²) in [6.45, 7) is 3.25. The molecule has 1 aromatic carbocycles. The zero-order chi connectivity index (χ0) is 12.0. The molecule has 0 bridgehead atoms. The molecule has 3 heteroatoms. The SMILES string of the molecule is CSCCC(C)N(C)Cc1cccc(N)c1. The van der Waals surface area contributed by atoms with E-state index >= 15 is 0 Å². The zero-order valence-electron chi connectivity index (χ0n) is 10.4. The summed E-state index contributed by atoms with van der Waals surface area (Å²) in [6, 6.07) is 8.76. The van der Waals surface area contributed by atoms with Crippen molar-refractivity contribution in [2.24, 2.45) is 0 Å². The van der Waals surface area contributed by atoms with Crippen LogP contribution in [0.25, 0.3) is 0 Å². The molecule has 0 heterocycles. The number of nitrogens with two attached hydrogens (primary N) is 1. The van der Waals surface area contributed by atoms with Crippen molar-refractivity contribution >= 4 is 17.4 Å². The molecule has 90 valence electrons. The topological polar surface area (TPSA) is 29.3 Å². The molecule has 0 amide bonds. The summed E-state index contributed by atoms with van der Waals surface area (Å²) >= 11 is 1.91. The van der Waals surface area contributed by atoms with E-state index in [-0.39, 0.29) is 0 Å². The van der Waals surface area contributed by atoms with Gasteiger partial charge in [-0.05, 0) is 50.1 Å². The van der Waals surface area contributed by atoms with Gasteiger partial charge in [0.25, 0.3) is 0 Å². The number of benzene rings is 1. The minimum atomic E-state index is 0.619. The number of anilines is 1. The molecular formula is C13H22N2S. The minimum Gasteiger partial charge on any atom is -0.399 e. The van der Waals surface area contributed by atoms with Gasteiger partial charge in [-0.15, -0.1) is 0 Å². The van der Waals surface area contributed by atoms with E-state index in [9.17, 15) is 0 Å². The van der Waals surface area contributed by atoms with E-state index in [2.05, 4.69) is 37.3 Å². The molecule has 2 nitrogen and oxygen atoms in total. The molecule has 1 unspecified atom stereocenters. The van der Waals surface area contributed by atoms with Crippen molar-refractivity contribution in [1.82, 2.24) is 4.90 Å². The third-order valence-electron chi connectivity index (χ3n) is 2.88. The van der Waals surface area contributed by atoms with E-state index < -0.39 is 0 Å². The van der Waals surface area contributed by atoms with Crippen molar-refractivity contribution in [2.45, 2.75) is 25.9 Å². The lowest BCUT2D eigenvalue weighted by Gasteiger charge is -2.24. The van der Waals surface area contributed by atoms with Crippen molar-refractivity contribution in [3.63, 3.8) is 0 Å². The third kappa shape index (κ3) is 4.45. The third-order valence-corrected chi connectivity index (χ3v) is 3.52. The molecule has 0 saturated heterocycles. The highest BCUT2D eigenvalue weighted by Gasteiger charge is 2.08. The summed E-state index contributed by atoms with van der Waals surface area (Å²) in [5.41, 5.74) is 7.91. The Bertz CT molecular complexity index is 315. The second-order valence-corrected chi connectivity index (χ2v) is 5.28. The summed E-state index contributed by atoms with van der Waals surface area (Å²) in [6.07, 6.45) is 3.39. The maximum Gasteiger partial charge on any atom is 0.0317 e. The first-order valence-corrected chi connectivity index (χ1v) is 7.06. The van der Waals surface area contributed by atoms with Crippen LogP contribution in [-0.2, 0) is 6.54 Å². The van der Waals surface area contributed by atoms with Gasteiger partial charge in [-0.2, -0.15) is 11.8 Å². The van der Waals surface area contributed by atoms with Crippen LogP contribution in [0, 0.1) is 0 Å². The summed E-state index contributed by atoms with van der Waals surface area (Å²) in [7, 11) is 2.17. The maximum absolute atomic E-state index is 5.77. The first kappa shape index (κ1) is 13.4. The van der Waals surface area contributed by atoms with Crippen LogP contribution in [0.1, 0.15) is 18.9 Å². The first-order chi connectivity index (χ1) is 7.63. The molecule has 1 rings (SSSR count). The second-order valence-electron chi connectivity index (χ2n) is 4.29. The number of thioether (sulfide) groups is 1. The Morgan fingerprint density at radius 1 is 1.44 bits per heavy atom. The smallest absolute Gasteiger partial charge is 0.0317 e. The monoisotopic (exact) mass is 238 g/mol. The van der Waals surface area contributed by atoms with Crippen molar-refractivity contribution < 1.29 is 0 Å². The van der Waals surface area contributed by atoms with E-state index in [1.54, 1.807) is 0 Å². The van der Waals surface area contributed by atoms with Crippen molar-refractivity contribution in [3.05, 3.63) is 29.8 Å². The predicted octanol–water partition coefficient (Wildman–Crippen LogP) is 2.84. The fourth-order valence-electron chi connectivity index (χ4n) is 1.64. The lowest BCUT2D eigenvalue weighted by atomic mass is 10.1. The number of nitrogen functional groups attached to an aromatic ring is 1. The van der Waals surface area contributed by atoms with Crippen LogP contribution in [0.4, 0.5) is 5.69 Å². The summed E-state index contributed by atoms with van der Waals surface area (Å²) < 4.78 is 0. The van der Waals surface area contributed by atoms with Gasteiger partial charge < -0.3 is 5.73 Å². The van der Waals surface area contributed by atoms with Gasteiger partial charge in [0.1, 0.15) is 0 Å². The predicted molar refractivity (Wildman–Crippen MR) is 74.8 cm³/mol. The Morgan fingerprint density at radius 2 is 2.19 bits per heavy atom. The van der Waals surface area contributed by atoms with Crippen LogP contribution in [0.2, 0.25) is 0 Å². The van der Waals surface area contributed by atoms with Gasteiger partial charge in [0.2, 0.25) is 0 Å². The average Bonchev–Trinajstić information content (AvgIpc) is 2.25. The molecule has 1 atom stereocenters. The van der Waals surface area contributed by atoms with E-state index in [1.807, 2.05) is 23.9 Å². The van der Waals surface area contributed by atoms with Gasteiger partial charge in [-0.25, -0.2) is 0 Å². The van der Waals surface area contributed by atoms with E-state index in [4.69, 9.17) is 5.73 Å². The van der Waals surface area contributed by atoms with Crippen LogP contribution >= 0.6 is 11.8 Å². The Kier molecular flexibility index (Phi) is 5.71. The highest BCUT2D eigenvalue weighted by molar-refractivity contribution is 7.98. The minimum absolute atomic E-state index is 0.619. The fraction of sp³-hybridized carbons (Fsp3) is 0.538. The highest BCUT2D eigenvalue weighted by Crippen LogP contribution is 2.12. The van der Waals surface area contributed by atoms with Crippen LogP contribution in [0.5, 0.6) is 0 Å². The number of rotatable bonds is 6. The summed E-state index contributed by atoms with van der Waals surface area (Å²) in [5.74, 6) is 1.22. The Morgan fingerprint density at radius 3 is 2.81 bits per heavy atom. The lowest BCUT2D eigenvalue weighted by Crippen LogP contribution is -2.29. The highest BCUT2D eigenvalue weighted by atomic mass is 32.2. The molecule has 2 N–H and O–H groups in total. The lowest BCUT2D eigenvalue weighted by molar-refractivity contribution is 0.245. The quantitative estimate of drug-likeness (QED) is 0.773. The molecule has 16 heavy (non-hydrogen) atoms. The molecular weight excluding hydrogens is 216 g/mol. The largest absolute Gasteiger partial charge is 0.399 e. The number of hydrogen-bond donors (Lipinski definition) is 1. The Labute approximate surface area is 103 Å². The van der Waals surface area contributed by atoms with E-state index in [1.165, 1.54) is 17.7 Å². The van der Waals surface area contributed by atoms with Crippen LogP contribution in [0.3, 0.4) is 0 Å². The van der Waals surface area contributed by atoms with Gasteiger partial charge in [0, 0.05) is 18.3 Å². The van der Waals surface area contributed by atoms with Gasteiger partial charge in [-0.1, -0.05) is 12.1 Å². The first-order valence-electron chi connectivity index (χ1n) is 5.67. The van der Waals surface area contributed by atoms with Gasteiger partial charge >= 0.3 is 0 Å². The van der Waals surface area contributed by atoms with Crippen LogP contribution < -0.4 is 5.73 Å². The molecule has 0 radical (unpaired) electrons. The van der Waals surface area contributed by atoms with Crippen LogP contribution in [0.15, 0.2) is 24.3 Å². The molecule has 0 fully saturated rings. The van der Waals surface area contributed by atoms with E-state index in [0.717, 1.165) is 12.2 Å². The zero-order valence-corrected chi connectivity index (χ0v) is 11.3. The molecule has 1 aromatic rings. The van der Waals surface area contributed by atoms with Gasteiger partial charge in [0.15, 0.2) is 0 Å². The average molecular weight is 238 g/mol. The van der Waals surface area contributed by atoms with Crippen LogP contribution in [-0.4, -0.2) is 30.0 Å². The number of hydrogen-bond acceptors (Lipinski definition) is 3. The standard InChI is InChI=1S/C13H22N2S/c1-11(7-8-16-3)15(2)10-12-5-4-6-13(14)9-12/h4-6,9,11H,7-8,10,14H2,1-3H3. The van der Waals surface area contributed by atoms with Crippen molar-refractivity contribution in [1.29, 1.82) is 0 Å². The molecule has 0 aromatic heterocycles. The normalized spacial score (nSPS) is 13.0. The summed E-state index contributed by atoms with van der Waals surface area (Å²) in [5, 5.41) is 0. The molecule has 0 saturated carbocycles. The molecule has 0 spiro atoms. The Hall–Kier alpha value is -0.670. The Balaban J connectivity index is 2.47. The summed E-state index contributed by atoms with van der Waals surface area (Å²) in [4.78, 5) is 2.38. The van der Waals surface area contributed by atoms with E-state index in [0.29, 0.717) is 6.04 Å². The molecule has 0 aliphatic rings. The van der Waals surface area contributed by atoms with Gasteiger partial charge in [0.05, 0.1) is 0 Å². The van der Waals surface area contributed by atoms with Crippen molar-refractivity contribution in [2.75, 3.05) is 24.8 Å². The number of nitrogens with zero attached hydrogens (tertiary/aromatic N) is 1. The molecule has 0 aliphatic carbocycles. The molecule has 0 aliphatic heterocycles. The van der Waals surface area contributed by atoms with Crippen molar-refractivity contribution in [3.8, 4) is 0 Å².